The minimum absolute atomic E-state index is 0.599. The van der Waals surface area contributed by atoms with Crippen molar-refractivity contribution in [1.82, 2.24) is 0 Å². The molecule has 2 aromatic carbocycles. The molecule has 0 aliphatic heterocycles. The molecule has 0 aromatic heterocycles. The molecule has 0 amide bonds. The monoisotopic (exact) mass is 257 g/mol. The Hall–Kier alpha value is -2.18. The zero-order valence-electron chi connectivity index (χ0n) is 9.89. The molecule has 0 aliphatic rings. The predicted octanol–water partition coefficient (Wildman–Crippen LogP) is 3.56. The van der Waals surface area contributed by atoms with Crippen LogP contribution in [0.3, 0.4) is 0 Å². The van der Waals surface area contributed by atoms with Crippen LogP contribution in [0.1, 0.15) is 5.56 Å². The number of hydrogen-bond donors (Lipinski definition) is 1. The van der Waals surface area contributed by atoms with Crippen LogP contribution < -0.4 is 10.6 Å². The first-order valence-electron chi connectivity index (χ1n) is 5.41. The van der Waals surface area contributed by atoms with Crippen LogP contribution in [0, 0.1) is 11.3 Å². The van der Waals surface area contributed by atoms with Crippen molar-refractivity contribution in [2.75, 3.05) is 17.7 Å². The number of nitrogen functional groups attached to an aromatic ring is 1. The zero-order chi connectivity index (χ0) is 13.1. The molecular weight excluding hydrogens is 246 g/mol. The van der Waals surface area contributed by atoms with Crippen LogP contribution >= 0.6 is 11.6 Å². The third-order valence-corrected chi connectivity index (χ3v) is 3.02. The second-order valence-corrected chi connectivity index (χ2v) is 4.34. The second kappa shape index (κ2) is 4.99. The number of hydrogen-bond acceptors (Lipinski definition) is 3. The van der Waals surface area contributed by atoms with Crippen molar-refractivity contribution in [1.29, 1.82) is 5.26 Å². The Morgan fingerprint density at radius 1 is 1.17 bits per heavy atom. The standard InChI is InChI=1S/C14H12ClN3/c1-18(12-5-2-10(9-16)3-6-12)14-7-4-11(17)8-13(14)15/h2-8H,17H2,1H3. The van der Waals surface area contributed by atoms with E-state index in [1.807, 2.05) is 30.1 Å². The lowest BCUT2D eigenvalue weighted by atomic mass is 10.2. The summed E-state index contributed by atoms with van der Waals surface area (Å²) in [4.78, 5) is 1.95. The number of benzene rings is 2. The van der Waals surface area contributed by atoms with Crippen LogP contribution in [0.2, 0.25) is 5.02 Å². The Bertz CT molecular complexity index is 599. The molecule has 2 aromatic rings. The minimum Gasteiger partial charge on any atom is -0.399 e. The summed E-state index contributed by atoms with van der Waals surface area (Å²) in [5.41, 5.74) is 8.77. The summed E-state index contributed by atoms with van der Waals surface area (Å²) < 4.78 is 0. The summed E-state index contributed by atoms with van der Waals surface area (Å²) in [6.45, 7) is 0. The maximum absolute atomic E-state index is 8.76. The Morgan fingerprint density at radius 3 is 2.39 bits per heavy atom. The average molecular weight is 258 g/mol. The zero-order valence-corrected chi connectivity index (χ0v) is 10.6. The smallest absolute Gasteiger partial charge is 0.0991 e. The van der Waals surface area contributed by atoms with Crippen molar-refractivity contribution in [2.45, 2.75) is 0 Å². The molecule has 0 saturated carbocycles. The van der Waals surface area contributed by atoms with Gasteiger partial charge in [-0.1, -0.05) is 11.6 Å². The molecule has 0 fully saturated rings. The Balaban J connectivity index is 2.35. The fourth-order valence-corrected chi connectivity index (χ4v) is 2.01. The van der Waals surface area contributed by atoms with Crippen molar-refractivity contribution in [3.8, 4) is 6.07 Å². The van der Waals surface area contributed by atoms with E-state index in [0.717, 1.165) is 11.4 Å². The third kappa shape index (κ3) is 2.39. The van der Waals surface area contributed by atoms with E-state index in [9.17, 15) is 0 Å². The van der Waals surface area contributed by atoms with Crippen LogP contribution in [0.4, 0.5) is 17.1 Å². The quantitative estimate of drug-likeness (QED) is 0.837. The number of nitrogens with zero attached hydrogens (tertiary/aromatic N) is 2. The first-order chi connectivity index (χ1) is 8.61. The van der Waals surface area contributed by atoms with Crippen molar-refractivity contribution in [3.05, 3.63) is 53.1 Å². The van der Waals surface area contributed by atoms with Crippen LogP contribution in [0.15, 0.2) is 42.5 Å². The molecule has 90 valence electrons. The summed E-state index contributed by atoms with van der Waals surface area (Å²) in [6.07, 6.45) is 0. The fraction of sp³-hybridized carbons (Fsp3) is 0.0714. The first-order valence-corrected chi connectivity index (χ1v) is 5.78. The van der Waals surface area contributed by atoms with E-state index >= 15 is 0 Å². The molecule has 0 aliphatic carbocycles. The Kier molecular flexibility index (Phi) is 3.40. The van der Waals surface area contributed by atoms with Gasteiger partial charge in [-0.3, -0.25) is 0 Å². The van der Waals surface area contributed by atoms with E-state index in [1.54, 1.807) is 24.3 Å². The molecule has 0 radical (unpaired) electrons. The molecule has 0 atom stereocenters. The van der Waals surface area contributed by atoms with Crippen LogP contribution in [-0.4, -0.2) is 7.05 Å². The summed E-state index contributed by atoms with van der Waals surface area (Å²) in [6, 6.07) is 14.8. The van der Waals surface area contributed by atoms with E-state index < -0.39 is 0 Å². The highest BCUT2D eigenvalue weighted by atomic mass is 35.5. The summed E-state index contributed by atoms with van der Waals surface area (Å²) >= 11 is 6.16. The molecule has 0 saturated heterocycles. The average Bonchev–Trinajstić information content (AvgIpc) is 2.38. The van der Waals surface area contributed by atoms with Crippen molar-refractivity contribution in [3.63, 3.8) is 0 Å². The van der Waals surface area contributed by atoms with Gasteiger partial charge in [0.25, 0.3) is 0 Å². The molecule has 2 N–H and O–H groups in total. The lowest BCUT2D eigenvalue weighted by molar-refractivity contribution is 1.21. The number of nitriles is 1. The molecule has 0 bridgehead atoms. The molecule has 4 heteroatoms. The normalized spacial score (nSPS) is 9.83. The number of nitrogens with two attached hydrogens (primary N) is 1. The summed E-state index contributed by atoms with van der Waals surface area (Å²) in [7, 11) is 1.92. The lowest BCUT2D eigenvalue weighted by Gasteiger charge is -2.21. The Labute approximate surface area is 111 Å². The highest BCUT2D eigenvalue weighted by Gasteiger charge is 2.08. The van der Waals surface area contributed by atoms with Crippen molar-refractivity contribution < 1.29 is 0 Å². The van der Waals surface area contributed by atoms with Crippen LogP contribution in [0.5, 0.6) is 0 Å². The molecule has 0 heterocycles. The van der Waals surface area contributed by atoms with E-state index in [0.29, 0.717) is 16.3 Å². The molecule has 0 unspecified atom stereocenters. The number of rotatable bonds is 2. The summed E-state index contributed by atoms with van der Waals surface area (Å²) in [5.74, 6) is 0. The number of halogens is 1. The number of anilines is 3. The second-order valence-electron chi connectivity index (χ2n) is 3.93. The third-order valence-electron chi connectivity index (χ3n) is 2.72. The van der Waals surface area contributed by atoms with Gasteiger partial charge < -0.3 is 10.6 Å². The highest BCUT2D eigenvalue weighted by molar-refractivity contribution is 6.33. The SMILES string of the molecule is CN(c1ccc(C#N)cc1)c1ccc(N)cc1Cl. The molecule has 18 heavy (non-hydrogen) atoms. The van der Waals surface area contributed by atoms with Gasteiger partial charge in [0.2, 0.25) is 0 Å². The van der Waals surface area contributed by atoms with Gasteiger partial charge in [-0.15, -0.1) is 0 Å². The topological polar surface area (TPSA) is 53.0 Å². The maximum atomic E-state index is 8.76. The van der Waals surface area contributed by atoms with Gasteiger partial charge >= 0.3 is 0 Å². The van der Waals surface area contributed by atoms with Gasteiger partial charge in [-0.2, -0.15) is 5.26 Å². The highest BCUT2D eigenvalue weighted by Crippen LogP contribution is 2.31. The molecular formula is C14H12ClN3. The van der Waals surface area contributed by atoms with E-state index in [4.69, 9.17) is 22.6 Å². The van der Waals surface area contributed by atoms with Crippen LogP contribution in [-0.2, 0) is 0 Å². The van der Waals surface area contributed by atoms with E-state index in [-0.39, 0.29) is 0 Å². The van der Waals surface area contributed by atoms with Gasteiger partial charge in [0.05, 0.1) is 22.3 Å². The fourth-order valence-electron chi connectivity index (χ4n) is 1.69. The largest absolute Gasteiger partial charge is 0.399 e. The molecule has 0 spiro atoms. The van der Waals surface area contributed by atoms with Crippen molar-refractivity contribution in [2.24, 2.45) is 0 Å². The minimum atomic E-state index is 0.599. The molecule has 2 rings (SSSR count). The van der Waals surface area contributed by atoms with Crippen LogP contribution in [0.25, 0.3) is 0 Å². The van der Waals surface area contributed by atoms with Crippen molar-refractivity contribution >= 4 is 28.7 Å². The summed E-state index contributed by atoms with van der Waals surface area (Å²) in [5, 5.41) is 9.36. The lowest BCUT2D eigenvalue weighted by Crippen LogP contribution is -2.10. The molecule has 3 nitrogen and oxygen atoms in total. The van der Waals surface area contributed by atoms with Gasteiger partial charge in [-0.05, 0) is 42.5 Å². The van der Waals surface area contributed by atoms with Gasteiger partial charge in [0.15, 0.2) is 0 Å². The van der Waals surface area contributed by atoms with Gasteiger partial charge in [0.1, 0.15) is 0 Å². The predicted molar refractivity (Wildman–Crippen MR) is 75.1 cm³/mol. The first kappa shape index (κ1) is 12.3. The van der Waals surface area contributed by atoms with Gasteiger partial charge in [-0.25, -0.2) is 0 Å². The maximum Gasteiger partial charge on any atom is 0.0991 e. The van der Waals surface area contributed by atoms with E-state index in [1.165, 1.54) is 0 Å². The van der Waals surface area contributed by atoms with E-state index in [2.05, 4.69) is 6.07 Å². The van der Waals surface area contributed by atoms with Gasteiger partial charge in [0, 0.05) is 18.4 Å². The Morgan fingerprint density at radius 2 is 1.83 bits per heavy atom.